The number of carbonyl (C=O) groups excluding carboxylic acids is 3. The molecule has 0 bridgehead atoms. The molecule has 0 aliphatic rings. The first-order valence-electron chi connectivity index (χ1n) is 34.9. The fourth-order valence-corrected chi connectivity index (χ4v) is 10.2. The van der Waals surface area contributed by atoms with E-state index in [1.165, 1.54) is 218 Å². The Morgan fingerprint density at radius 3 is 0.800 bits per heavy atom. The van der Waals surface area contributed by atoms with Crippen molar-refractivity contribution in [2.24, 2.45) is 0 Å². The fourth-order valence-electron chi connectivity index (χ4n) is 10.2. The summed E-state index contributed by atoms with van der Waals surface area (Å²) < 4.78 is 17.0. The number of unbranched alkanes of at least 4 members (excludes halogenated alkanes) is 41. The Kier molecular flexibility index (Phi) is 65.7. The van der Waals surface area contributed by atoms with Crippen LogP contribution in [0.5, 0.6) is 0 Å². The van der Waals surface area contributed by atoms with Crippen LogP contribution in [0.2, 0.25) is 0 Å². The van der Waals surface area contributed by atoms with Crippen LogP contribution in [0.1, 0.15) is 361 Å². The van der Waals surface area contributed by atoms with E-state index in [1.807, 2.05) is 0 Å². The van der Waals surface area contributed by atoms with E-state index in [0.29, 0.717) is 19.3 Å². The third kappa shape index (κ3) is 65.7. The van der Waals surface area contributed by atoms with E-state index in [-0.39, 0.29) is 31.1 Å². The molecular weight excluding hydrogens is 985 g/mol. The van der Waals surface area contributed by atoms with E-state index < -0.39 is 6.10 Å². The second kappa shape index (κ2) is 68.3. The maximum absolute atomic E-state index is 12.9. The highest BCUT2D eigenvalue weighted by Crippen LogP contribution is 2.18. The van der Waals surface area contributed by atoms with Crippen molar-refractivity contribution in [1.82, 2.24) is 0 Å². The Hall–Kier alpha value is -3.15. The first-order chi connectivity index (χ1) is 39.5. The molecule has 1 atom stereocenters. The molecule has 464 valence electrons. The number of esters is 3. The zero-order chi connectivity index (χ0) is 57.8. The molecule has 0 N–H and O–H groups in total. The average Bonchev–Trinajstić information content (AvgIpc) is 3.46. The van der Waals surface area contributed by atoms with Crippen LogP contribution in [-0.2, 0) is 28.6 Å². The molecule has 0 radical (unpaired) electrons. The standard InChI is InChI=1S/C74H132O6/c1-4-7-10-13-16-19-22-25-27-29-31-33-35-37-39-41-43-45-47-49-52-55-58-61-64-67-73(76)79-70-71(69-78-72(75)66-63-60-57-54-51-24-21-18-15-12-9-6-3)80-74(77)68-65-62-59-56-53-50-48-46-44-42-40-38-36-34-32-30-28-26-23-20-17-14-11-8-5-2/h7,10,16,18-19,21,25,27,31,33,37,39,71H,4-6,8-9,11-15,17,20,22-24,26,28-30,32,34-36,38,40-70H2,1-3H3/b10-7-,19-16-,21-18-,27-25-,33-31-,39-37-. The second-order valence-electron chi connectivity index (χ2n) is 23.4. The Labute approximate surface area is 497 Å². The van der Waals surface area contributed by atoms with Gasteiger partial charge in [-0.05, 0) is 89.9 Å². The highest BCUT2D eigenvalue weighted by atomic mass is 16.6. The SMILES string of the molecule is CC/C=C\C/C=C\C/C=C\C/C=C\C/C=C\CCCCCCCCCCCC(=O)OCC(COC(=O)CCCCCCC/C=C\CCCCC)OC(=O)CCCCCCCCCCCCCCCCCCCCCCCCCCC. The summed E-state index contributed by atoms with van der Waals surface area (Å²) in [5.41, 5.74) is 0. The molecule has 0 amide bonds. The quantitative estimate of drug-likeness (QED) is 0.0261. The summed E-state index contributed by atoms with van der Waals surface area (Å²) in [6.45, 7) is 6.55. The second-order valence-corrected chi connectivity index (χ2v) is 23.4. The van der Waals surface area contributed by atoms with Gasteiger partial charge in [0.15, 0.2) is 6.10 Å². The van der Waals surface area contributed by atoms with Gasteiger partial charge in [-0.25, -0.2) is 0 Å². The van der Waals surface area contributed by atoms with Crippen LogP contribution in [0.25, 0.3) is 0 Å². The molecule has 0 saturated carbocycles. The lowest BCUT2D eigenvalue weighted by Crippen LogP contribution is -2.30. The van der Waals surface area contributed by atoms with Gasteiger partial charge in [0.25, 0.3) is 0 Å². The minimum atomic E-state index is -0.781. The lowest BCUT2D eigenvalue weighted by Gasteiger charge is -2.18. The predicted octanol–water partition coefficient (Wildman–Crippen LogP) is 24.1. The van der Waals surface area contributed by atoms with Gasteiger partial charge in [-0.15, -0.1) is 0 Å². The molecule has 0 saturated heterocycles. The molecule has 0 aromatic carbocycles. The van der Waals surface area contributed by atoms with Gasteiger partial charge >= 0.3 is 17.9 Å². The molecule has 0 aromatic rings. The molecule has 1 unspecified atom stereocenters. The summed E-state index contributed by atoms with van der Waals surface area (Å²) in [6.07, 6.45) is 89.3. The zero-order valence-corrected chi connectivity index (χ0v) is 53.3. The van der Waals surface area contributed by atoms with Gasteiger partial charge in [0.05, 0.1) is 0 Å². The lowest BCUT2D eigenvalue weighted by atomic mass is 10.0. The van der Waals surface area contributed by atoms with Crippen molar-refractivity contribution in [3.05, 3.63) is 72.9 Å². The Bertz CT molecular complexity index is 1470. The van der Waals surface area contributed by atoms with Crippen LogP contribution < -0.4 is 0 Å². The molecule has 0 heterocycles. The molecule has 0 aromatic heterocycles. The minimum absolute atomic E-state index is 0.0779. The van der Waals surface area contributed by atoms with E-state index in [9.17, 15) is 14.4 Å². The van der Waals surface area contributed by atoms with Gasteiger partial charge < -0.3 is 14.2 Å². The normalized spacial score (nSPS) is 12.5. The number of carbonyl (C=O) groups is 3. The van der Waals surface area contributed by atoms with E-state index >= 15 is 0 Å². The summed E-state index contributed by atoms with van der Waals surface area (Å²) >= 11 is 0. The number of rotatable bonds is 64. The first-order valence-corrected chi connectivity index (χ1v) is 34.9. The number of allylic oxidation sites excluding steroid dienone is 12. The Morgan fingerprint density at radius 1 is 0.263 bits per heavy atom. The Balaban J connectivity index is 4.25. The van der Waals surface area contributed by atoms with Crippen molar-refractivity contribution in [3.8, 4) is 0 Å². The number of hydrogen-bond acceptors (Lipinski definition) is 6. The van der Waals surface area contributed by atoms with E-state index in [2.05, 4.69) is 93.7 Å². The number of ether oxygens (including phenoxy) is 3. The Morgan fingerprint density at radius 2 is 0.487 bits per heavy atom. The van der Waals surface area contributed by atoms with E-state index in [1.54, 1.807) is 0 Å². The van der Waals surface area contributed by atoms with Crippen LogP contribution >= 0.6 is 0 Å². The highest BCUT2D eigenvalue weighted by Gasteiger charge is 2.19. The maximum atomic E-state index is 12.9. The van der Waals surface area contributed by atoms with E-state index in [0.717, 1.165) is 103 Å². The molecule has 0 aliphatic heterocycles. The van der Waals surface area contributed by atoms with E-state index in [4.69, 9.17) is 14.2 Å². The van der Waals surface area contributed by atoms with Gasteiger partial charge in [0, 0.05) is 19.3 Å². The van der Waals surface area contributed by atoms with Gasteiger partial charge in [0.1, 0.15) is 13.2 Å². The van der Waals surface area contributed by atoms with Crippen molar-refractivity contribution in [2.45, 2.75) is 367 Å². The van der Waals surface area contributed by atoms with Crippen molar-refractivity contribution in [2.75, 3.05) is 13.2 Å². The summed E-state index contributed by atoms with van der Waals surface area (Å²) in [7, 11) is 0. The molecule has 0 aliphatic carbocycles. The van der Waals surface area contributed by atoms with Gasteiger partial charge in [-0.1, -0.05) is 325 Å². The highest BCUT2D eigenvalue weighted by molar-refractivity contribution is 5.71. The van der Waals surface area contributed by atoms with Crippen molar-refractivity contribution in [1.29, 1.82) is 0 Å². The minimum Gasteiger partial charge on any atom is -0.462 e. The molecule has 0 spiro atoms. The van der Waals surface area contributed by atoms with Crippen molar-refractivity contribution in [3.63, 3.8) is 0 Å². The maximum Gasteiger partial charge on any atom is 0.306 e. The smallest absolute Gasteiger partial charge is 0.306 e. The zero-order valence-electron chi connectivity index (χ0n) is 53.3. The van der Waals surface area contributed by atoms with Gasteiger partial charge in [-0.2, -0.15) is 0 Å². The van der Waals surface area contributed by atoms with Crippen molar-refractivity contribution >= 4 is 17.9 Å². The molecule has 0 rings (SSSR count). The topological polar surface area (TPSA) is 78.9 Å². The fraction of sp³-hybridized carbons (Fsp3) is 0.797. The third-order valence-electron chi connectivity index (χ3n) is 15.4. The summed E-state index contributed by atoms with van der Waals surface area (Å²) in [4.78, 5) is 38.4. The first kappa shape index (κ1) is 76.9. The van der Waals surface area contributed by atoms with Crippen LogP contribution in [0.3, 0.4) is 0 Å². The summed E-state index contributed by atoms with van der Waals surface area (Å²) in [5.74, 6) is -0.872. The van der Waals surface area contributed by atoms with Crippen LogP contribution in [0, 0.1) is 0 Å². The van der Waals surface area contributed by atoms with Crippen LogP contribution in [-0.4, -0.2) is 37.2 Å². The third-order valence-corrected chi connectivity index (χ3v) is 15.4. The average molecular weight is 1120 g/mol. The molecule has 80 heavy (non-hydrogen) atoms. The monoisotopic (exact) mass is 1120 g/mol. The summed E-state index contributed by atoms with van der Waals surface area (Å²) in [6, 6.07) is 0. The predicted molar refractivity (Wildman–Crippen MR) is 348 cm³/mol. The molecule has 6 nitrogen and oxygen atoms in total. The van der Waals surface area contributed by atoms with Gasteiger partial charge in [-0.3, -0.25) is 14.4 Å². The molecule has 0 fully saturated rings. The lowest BCUT2D eigenvalue weighted by molar-refractivity contribution is -0.167. The molecule has 6 heteroatoms. The van der Waals surface area contributed by atoms with Crippen LogP contribution in [0.4, 0.5) is 0 Å². The number of hydrogen-bond donors (Lipinski definition) is 0. The molecular formula is C74H132O6. The van der Waals surface area contributed by atoms with Gasteiger partial charge in [0.2, 0.25) is 0 Å². The van der Waals surface area contributed by atoms with Crippen LogP contribution in [0.15, 0.2) is 72.9 Å². The van der Waals surface area contributed by atoms with Crippen molar-refractivity contribution < 1.29 is 28.6 Å². The largest absolute Gasteiger partial charge is 0.462 e. The summed E-state index contributed by atoms with van der Waals surface area (Å²) in [5, 5.41) is 0.